The molecule has 6 aliphatic rings. The van der Waals surface area contributed by atoms with Crippen molar-refractivity contribution in [2.24, 2.45) is 5.41 Å². The summed E-state index contributed by atoms with van der Waals surface area (Å²) in [4.78, 5) is 96.8. The first-order valence-corrected chi connectivity index (χ1v) is 44.6. The topological polar surface area (TPSA) is 303 Å². The summed E-state index contributed by atoms with van der Waals surface area (Å²) in [5.41, 5.74) is 7.89. The summed E-state index contributed by atoms with van der Waals surface area (Å²) >= 11 is 0. The fourth-order valence-electron chi connectivity index (χ4n) is 14.1. The lowest BCUT2D eigenvalue weighted by atomic mass is 9.62. The Balaban J connectivity index is 0.000000194. The zero-order valence-corrected chi connectivity index (χ0v) is 79.2. The van der Waals surface area contributed by atoms with Gasteiger partial charge in [-0.3, -0.25) is 43.2 Å². The molecule has 10 aromatic rings. The third-order valence-electron chi connectivity index (χ3n) is 22.2. The molecule has 1 N–H and O–H groups in total. The molecule has 0 spiro atoms. The second-order valence-electron chi connectivity index (χ2n) is 34.1. The fourth-order valence-corrected chi connectivity index (χ4v) is 14.1. The second-order valence-corrected chi connectivity index (χ2v) is 34.1. The number of hydrogen-bond acceptors (Lipinski definition) is 24. The molecule has 6 heterocycles. The van der Waals surface area contributed by atoms with E-state index in [0.29, 0.717) is 171 Å². The number of carbonyl (C=O) groups excluding carboxylic acids is 9. The summed E-state index contributed by atoms with van der Waals surface area (Å²) < 4.78 is 193. The van der Waals surface area contributed by atoms with Crippen molar-refractivity contribution in [3.8, 4) is 0 Å². The van der Waals surface area contributed by atoms with Gasteiger partial charge in [0.25, 0.3) is 0 Å². The summed E-state index contributed by atoms with van der Waals surface area (Å²) in [6, 6.07) is 45.7. The van der Waals surface area contributed by atoms with Gasteiger partial charge >= 0.3 is 63.5 Å². The monoisotopic (exact) mass is 1930 g/mol. The standard InChI is InChI=1S/C15H12BFO3.C13H16BFO3.C12H14BFO3.C11H12BFO3.C11H14BFO2.C10H10BFO3.C9H8BFO3.C9H10BFO2.C8H8BFO2/c17-13-6-7-14(12(8-13)9-18)16-19-10-15(20-16)11-4-2-1-3-5-11;1-12(2)13(3,4)18-14(17-12)11-6-5-10(15)7-9(11)8-16;1-12(2)7-16-13(17-8-12)11-4-3-10(14)5-9(11)6-15;13-10-3-4-11(9(7-10)8-14)12-15-5-1-2-6-16-12;1-8(2)15-12(3)11-5-4-10(13)6-9(11)7-14;12-9-2-3-10(8(6-9)7-13)11-14-4-1-5-15-11;11-8-1-2-9(7(5-8)6-12)10-13-3-4-14-10;1-10(13-2)9-4-3-8(11)5-7(9)6-12;1-9(12)8-3-2-7(10)4-6(8)5-11/h1-9,15H,10H2;5-8H,1-4H3;3-6H,7-8H2,1-2H3;3-4,7-8H,1-2,5-6H2;4-8H,1-3H3;2-3,6-7H,1,4-5H2;1-2,5-6H,3-4H2;3-6H,1-2H3;2-5,12H,1H3. The van der Waals surface area contributed by atoms with Crippen molar-refractivity contribution >= 4 is 169 Å². The Bertz CT molecular complexity index is 5740. The van der Waals surface area contributed by atoms with E-state index in [9.17, 15) is 82.7 Å². The molecule has 140 heavy (non-hydrogen) atoms. The SMILES string of the molecule is CB(O)c1ccc(F)cc1C=O.CB(OC(C)C)c1ccc(F)cc1C=O.CC1(C)COB(c2ccc(F)cc2C=O)OC1.CC1(C)OB(c2ccc(F)cc2C=O)OC1(C)C.COB(C)c1ccc(F)cc1C=O.O=Cc1cc(F)ccc1B1OCC(c2ccccc2)O1.O=Cc1cc(F)ccc1B1OCCCCO1.O=Cc1cc(F)ccc1B1OCCCO1.O=Cc1cc(F)ccc1B1OCCO1. The predicted octanol–water partition coefficient (Wildman–Crippen LogP) is 11.2. The summed E-state index contributed by atoms with van der Waals surface area (Å²) in [5, 5.41) is 9.15. The largest absolute Gasteiger partial charge is 0.495 e. The van der Waals surface area contributed by atoms with Crippen molar-refractivity contribution in [1.82, 2.24) is 0 Å². The van der Waals surface area contributed by atoms with Crippen molar-refractivity contribution < 1.29 is 153 Å². The highest BCUT2D eigenvalue weighted by molar-refractivity contribution is 6.69. The van der Waals surface area contributed by atoms with Gasteiger partial charge in [-0.05, 0) is 225 Å². The summed E-state index contributed by atoms with van der Waals surface area (Å²) in [6.07, 6.45) is 8.11. The van der Waals surface area contributed by atoms with Gasteiger partial charge in [0.05, 0.1) is 37.1 Å². The van der Waals surface area contributed by atoms with E-state index in [2.05, 4.69) is 0 Å². The van der Waals surface area contributed by atoms with E-state index in [4.69, 9.17) is 70.2 Å². The molecule has 0 bridgehead atoms. The minimum absolute atomic E-state index is 0.0299. The molecule has 6 fully saturated rings. The lowest BCUT2D eigenvalue weighted by Crippen LogP contribution is -2.48. The van der Waals surface area contributed by atoms with Crippen LogP contribution in [0.15, 0.2) is 194 Å². The molecular formula is C98H104B9F9O24. The van der Waals surface area contributed by atoms with Crippen molar-refractivity contribution in [3.63, 3.8) is 0 Å². The summed E-state index contributed by atoms with van der Waals surface area (Å²) in [5.74, 6) is -3.92. The van der Waals surface area contributed by atoms with E-state index in [1.807, 2.05) is 92.5 Å². The van der Waals surface area contributed by atoms with E-state index in [-0.39, 0.29) is 70.4 Å². The molecule has 6 saturated heterocycles. The van der Waals surface area contributed by atoms with Crippen LogP contribution in [0.5, 0.6) is 0 Å². The Hall–Kier alpha value is -11.4. The third-order valence-corrected chi connectivity index (χ3v) is 22.2. The average Bonchev–Trinajstić information content (AvgIpc) is 1.62. The van der Waals surface area contributed by atoms with Gasteiger partial charge in [0.1, 0.15) is 109 Å². The van der Waals surface area contributed by atoms with Crippen molar-refractivity contribution in [3.05, 3.63) is 302 Å². The molecular weight excluding hydrogens is 1830 g/mol. The highest BCUT2D eigenvalue weighted by atomic mass is 19.2. The summed E-state index contributed by atoms with van der Waals surface area (Å²) in [7, 11) is -1.94. The van der Waals surface area contributed by atoms with Crippen LogP contribution in [-0.2, 0) is 65.2 Å². The lowest BCUT2D eigenvalue weighted by Gasteiger charge is -2.33. The van der Waals surface area contributed by atoms with Gasteiger partial charge in [0, 0.05) is 108 Å². The minimum Gasteiger partial charge on any atom is -0.446 e. The van der Waals surface area contributed by atoms with Crippen LogP contribution in [0.25, 0.3) is 0 Å². The smallest absolute Gasteiger partial charge is 0.446 e. The van der Waals surface area contributed by atoms with Crippen LogP contribution < -0.4 is 49.2 Å². The van der Waals surface area contributed by atoms with Gasteiger partial charge < -0.3 is 70.2 Å². The molecule has 0 radical (unpaired) electrons. The molecule has 0 aromatic heterocycles. The van der Waals surface area contributed by atoms with Crippen LogP contribution in [-0.4, -0.2) is 209 Å². The number of benzene rings is 10. The van der Waals surface area contributed by atoms with Crippen LogP contribution in [0.2, 0.25) is 20.5 Å². The molecule has 1 unspecified atom stereocenters. The van der Waals surface area contributed by atoms with Crippen molar-refractivity contribution in [2.75, 3.05) is 66.6 Å². The first-order valence-electron chi connectivity index (χ1n) is 44.6. The summed E-state index contributed by atoms with van der Waals surface area (Å²) in [6.45, 7) is 24.6. The molecule has 730 valence electrons. The van der Waals surface area contributed by atoms with E-state index < -0.39 is 113 Å². The number of aldehydes is 9. The minimum atomic E-state index is -0.745. The normalized spacial score (nSPS) is 15.8. The zero-order valence-electron chi connectivity index (χ0n) is 79.2. The van der Waals surface area contributed by atoms with E-state index in [1.54, 1.807) is 26.1 Å². The first-order chi connectivity index (χ1) is 66.9. The fraction of sp³-hybridized carbons (Fsp3) is 0.296. The highest BCUT2D eigenvalue weighted by Gasteiger charge is 2.52. The Morgan fingerprint density at radius 1 is 0.336 bits per heavy atom. The maximum absolute atomic E-state index is 13.1. The van der Waals surface area contributed by atoms with Gasteiger partial charge in [0.15, 0.2) is 0 Å². The van der Waals surface area contributed by atoms with Gasteiger partial charge in [0.2, 0.25) is 0 Å². The van der Waals surface area contributed by atoms with E-state index in [1.165, 1.54) is 152 Å². The molecule has 0 saturated carbocycles. The predicted molar refractivity (Wildman–Crippen MR) is 519 cm³/mol. The average molecular weight is 1930 g/mol. The lowest BCUT2D eigenvalue weighted by molar-refractivity contribution is 0.00578. The molecule has 1 atom stereocenters. The zero-order chi connectivity index (χ0) is 102. The van der Waals surface area contributed by atoms with Gasteiger partial charge in [-0.15, -0.1) is 0 Å². The molecule has 24 nitrogen and oxygen atoms in total. The van der Waals surface area contributed by atoms with Gasteiger partial charge in [-0.1, -0.05) is 119 Å². The Morgan fingerprint density at radius 3 is 0.921 bits per heavy atom. The van der Waals surface area contributed by atoms with E-state index >= 15 is 0 Å². The number of halogens is 9. The molecule has 0 amide bonds. The van der Waals surface area contributed by atoms with Crippen LogP contribution in [0.4, 0.5) is 39.5 Å². The molecule has 16 rings (SSSR count). The maximum atomic E-state index is 13.1. The molecule has 10 aromatic carbocycles. The van der Waals surface area contributed by atoms with Crippen LogP contribution in [0, 0.1) is 57.8 Å². The highest BCUT2D eigenvalue weighted by Crippen LogP contribution is 2.37. The number of rotatable bonds is 22. The molecule has 0 aliphatic carbocycles. The Morgan fingerprint density at radius 2 is 0.607 bits per heavy atom. The van der Waals surface area contributed by atoms with Crippen molar-refractivity contribution in [2.45, 2.75) is 119 Å². The number of hydrogen-bond donors (Lipinski definition) is 1. The van der Waals surface area contributed by atoms with E-state index in [0.717, 1.165) is 36.4 Å². The quantitative estimate of drug-likeness (QED) is 0.0374. The van der Waals surface area contributed by atoms with Gasteiger partial charge in [-0.25, -0.2) is 39.5 Å². The maximum Gasteiger partial charge on any atom is 0.495 e. The van der Waals surface area contributed by atoms with Crippen LogP contribution in [0.1, 0.15) is 180 Å². The molecule has 42 heteroatoms. The van der Waals surface area contributed by atoms with Crippen LogP contribution in [0.3, 0.4) is 0 Å². The second kappa shape index (κ2) is 56.3. The Kier molecular flexibility index (Phi) is 45.8. The van der Waals surface area contributed by atoms with Gasteiger partial charge in [-0.2, -0.15) is 0 Å². The van der Waals surface area contributed by atoms with Crippen molar-refractivity contribution in [1.29, 1.82) is 0 Å². The first kappa shape index (κ1) is 114. The number of carbonyl (C=O) groups is 9. The van der Waals surface area contributed by atoms with Crippen LogP contribution >= 0.6 is 0 Å². The Labute approximate surface area is 810 Å². The third kappa shape index (κ3) is 34.2. The molecule has 6 aliphatic heterocycles.